The van der Waals surface area contributed by atoms with Gasteiger partial charge in [-0.25, -0.2) is 15.0 Å². The molecule has 0 bridgehead atoms. The van der Waals surface area contributed by atoms with E-state index < -0.39 is 0 Å². The molecule has 0 radical (unpaired) electrons. The van der Waals surface area contributed by atoms with E-state index in [0.29, 0.717) is 28.4 Å². The minimum atomic E-state index is -0.134. The first kappa shape index (κ1) is 13.3. The Hall–Kier alpha value is -2.41. The fourth-order valence-corrected chi connectivity index (χ4v) is 3.09. The number of hydrogen-bond acceptors (Lipinski definition) is 5. The Morgan fingerprint density at radius 2 is 2.00 bits per heavy atom. The third-order valence-corrected chi connectivity index (χ3v) is 4.29. The summed E-state index contributed by atoms with van der Waals surface area (Å²) in [6.45, 7) is 2.69. The van der Waals surface area contributed by atoms with E-state index in [1.807, 2.05) is 42.1 Å². The minimum Gasteiger partial charge on any atom is -0.276 e. The molecule has 3 aromatic heterocycles. The smallest absolute Gasteiger partial charge is 0.276 e. The average molecular weight is 311 g/mol. The van der Waals surface area contributed by atoms with Crippen LogP contribution in [0.25, 0.3) is 27.6 Å². The van der Waals surface area contributed by atoms with Gasteiger partial charge in [-0.15, -0.1) is 0 Å². The maximum absolute atomic E-state index is 12.9. The lowest BCUT2D eigenvalue weighted by molar-refractivity contribution is 0.624. The third-order valence-electron chi connectivity index (χ3n) is 3.73. The van der Waals surface area contributed by atoms with Crippen LogP contribution in [0.15, 0.2) is 40.4 Å². The summed E-state index contributed by atoms with van der Waals surface area (Å²) in [5, 5.41) is 2.00. The number of rotatable bonds is 2. The summed E-state index contributed by atoms with van der Waals surface area (Å²) < 4.78 is 3.55. The Balaban J connectivity index is 2.28. The van der Waals surface area contributed by atoms with Crippen LogP contribution in [0, 0.1) is 0 Å². The van der Waals surface area contributed by atoms with Crippen molar-refractivity contribution in [3.8, 4) is 0 Å². The van der Waals surface area contributed by atoms with Gasteiger partial charge in [-0.05, 0) is 25.3 Å². The van der Waals surface area contributed by atoms with Gasteiger partial charge >= 0.3 is 0 Å². The first-order valence-electron chi connectivity index (χ1n) is 6.95. The van der Waals surface area contributed by atoms with E-state index in [1.54, 1.807) is 10.7 Å². The number of thioether (sulfide) groups is 1. The van der Waals surface area contributed by atoms with Crippen LogP contribution in [0.1, 0.15) is 6.92 Å². The Morgan fingerprint density at radius 3 is 2.77 bits per heavy atom. The maximum Gasteiger partial charge on any atom is 0.283 e. The molecule has 22 heavy (non-hydrogen) atoms. The Kier molecular flexibility index (Phi) is 2.90. The third kappa shape index (κ3) is 1.69. The Morgan fingerprint density at radius 1 is 1.18 bits per heavy atom. The molecular weight excluding hydrogens is 298 g/mol. The molecule has 1 aromatic carbocycles. The lowest BCUT2D eigenvalue weighted by Gasteiger charge is -2.05. The van der Waals surface area contributed by atoms with E-state index in [0.717, 1.165) is 10.9 Å². The van der Waals surface area contributed by atoms with Gasteiger partial charge in [-0.3, -0.25) is 9.48 Å². The van der Waals surface area contributed by atoms with Gasteiger partial charge in [-0.1, -0.05) is 23.9 Å². The number of para-hydroxylation sites is 1. The van der Waals surface area contributed by atoms with Gasteiger partial charge in [0.25, 0.3) is 5.56 Å². The highest BCUT2D eigenvalue weighted by Crippen LogP contribution is 2.21. The zero-order valence-corrected chi connectivity index (χ0v) is 13.0. The highest BCUT2D eigenvalue weighted by molar-refractivity contribution is 7.98. The first-order valence-corrected chi connectivity index (χ1v) is 8.18. The molecule has 0 fully saturated rings. The molecule has 110 valence electrons. The molecule has 0 spiro atoms. The molecule has 0 unspecified atom stereocenters. The molecule has 0 aliphatic carbocycles. The van der Waals surface area contributed by atoms with E-state index >= 15 is 0 Å². The van der Waals surface area contributed by atoms with Crippen molar-refractivity contribution < 1.29 is 0 Å². The summed E-state index contributed by atoms with van der Waals surface area (Å²) in [4.78, 5) is 26.0. The highest BCUT2D eigenvalue weighted by atomic mass is 32.2. The van der Waals surface area contributed by atoms with Crippen molar-refractivity contribution in [3.05, 3.63) is 40.8 Å². The summed E-state index contributed by atoms with van der Waals surface area (Å²) in [5.41, 5.74) is 1.94. The van der Waals surface area contributed by atoms with E-state index in [2.05, 4.69) is 15.0 Å². The lowest BCUT2D eigenvalue weighted by Crippen LogP contribution is -2.21. The van der Waals surface area contributed by atoms with Crippen molar-refractivity contribution in [2.45, 2.75) is 18.6 Å². The summed E-state index contributed by atoms with van der Waals surface area (Å²) in [6, 6.07) is 7.89. The monoisotopic (exact) mass is 311 g/mol. The van der Waals surface area contributed by atoms with Crippen molar-refractivity contribution in [3.63, 3.8) is 0 Å². The molecule has 3 heterocycles. The van der Waals surface area contributed by atoms with Gasteiger partial charge in [0, 0.05) is 18.1 Å². The zero-order valence-electron chi connectivity index (χ0n) is 12.1. The average Bonchev–Trinajstić information content (AvgIpc) is 2.88. The molecule has 6 nitrogen and oxygen atoms in total. The Labute approximate surface area is 129 Å². The molecule has 0 saturated heterocycles. The SMILES string of the molecule is CCn1c2ccccc2c2nc3nc(SC)ncc3c(=O)n21. The van der Waals surface area contributed by atoms with E-state index in [-0.39, 0.29) is 5.56 Å². The highest BCUT2D eigenvalue weighted by Gasteiger charge is 2.15. The van der Waals surface area contributed by atoms with Crippen LogP contribution >= 0.6 is 11.8 Å². The van der Waals surface area contributed by atoms with Crippen molar-refractivity contribution >= 4 is 39.3 Å². The van der Waals surface area contributed by atoms with Gasteiger partial charge in [-0.2, -0.15) is 4.52 Å². The van der Waals surface area contributed by atoms with Crippen LogP contribution in [0.2, 0.25) is 0 Å². The van der Waals surface area contributed by atoms with Gasteiger partial charge in [0.05, 0.1) is 5.52 Å². The van der Waals surface area contributed by atoms with Crippen molar-refractivity contribution in [1.82, 2.24) is 24.1 Å². The van der Waals surface area contributed by atoms with Gasteiger partial charge in [0.1, 0.15) is 5.39 Å². The van der Waals surface area contributed by atoms with Crippen LogP contribution in [0.4, 0.5) is 0 Å². The predicted molar refractivity (Wildman–Crippen MR) is 87.5 cm³/mol. The van der Waals surface area contributed by atoms with Crippen LogP contribution in [-0.2, 0) is 6.54 Å². The zero-order chi connectivity index (χ0) is 15.3. The standard InChI is InChI=1S/C15H13N5OS/c1-3-19-11-7-5-4-6-9(11)13-17-12-10(14(21)20(13)19)8-16-15(18-12)22-2/h4-8H,3H2,1-2H3. The summed E-state index contributed by atoms with van der Waals surface area (Å²) in [7, 11) is 0. The lowest BCUT2D eigenvalue weighted by atomic mass is 10.2. The van der Waals surface area contributed by atoms with E-state index in [4.69, 9.17) is 0 Å². The molecule has 0 saturated carbocycles. The number of fused-ring (bicyclic) bond motifs is 4. The summed E-state index contributed by atoms with van der Waals surface area (Å²) >= 11 is 1.43. The largest absolute Gasteiger partial charge is 0.283 e. The molecule has 0 aliphatic heterocycles. The first-order chi connectivity index (χ1) is 10.7. The summed E-state index contributed by atoms with van der Waals surface area (Å²) in [5.74, 6) is 0. The fraction of sp³-hybridized carbons (Fsp3) is 0.200. The molecule has 7 heteroatoms. The van der Waals surface area contributed by atoms with E-state index in [1.165, 1.54) is 11.8 Å². The van der Waals surface area contributed by atoms with Gasteiger partial charge in [0.15, 0.2) is 16.5 Å². The van der Waals surface area contributed by atoms with Crippen LogP contribution in [0.5, 0.6) is 0 Å². The Bertz CT molecular complexity index is 1080. The van der Waals surface area contributed by atoms with Crippen molar-refractivity contribution in [1.29, 1.82) is 0 Å². The topological polar surface area (TPSA) is 65.1 Å². The molecule has 4 rings (SSSR count). The second-order valence-corrected chi connectivity index (χ2v) is 5.65. The van der Waals surface area contributed by atoms with Crippen LogP contribution in [0.3, 0.4) is 0 Å². The van der Waals surface area contributed by atoms with E-state index in [9.17, 15) is 4.79 Å². The fourth-order valence-electron chi connectivity index (χ4n) is 2.76. The number of benzene rings is 1. The maximum atomic E-state index is 12.9. The molecule has 0 aliphatic rings. The number of aromatic nitrogens is 5. The van der Waals surface area contributed by atoms with Crippen molar-refractivity contribution in [2.75, 3.05) is 6.26 Å². The second kappa shape index (κ2) is 4.81. The van der Waals surface area contributed by atoms with Crippen LogP contribution in [-0.4, -0.2) is 30.4 Å². The molecule has 0 N–H and O–H groups in total. The number of hydrogen-bond donors (Lipinski definition) is 0. The van der Waals surface area contributed by atoms with Crippen LogP contribution < -0.4 is 5.56 Å². The van der Waals surface area contributed by atoms with Gasteiger partial charge < -0.3 is 0 Å². The number of nitrogens with zero attached hydrogens (tertiary/aromatic N) is 5. The molecule has 0 amide bonds. The quantitative estimate of drug-likeness (QED) is 0.420. The summed E-state index contributed by atoms with van der Waals surface area (Å²) in [6.07, 6.45) is 3.46. The predicted octanol–water partition coefficient (Wildman–Crippen LogP) is 2.33. The number of aryl methyl sites for hydroxylation is 1. The second-order valence-electron chi connectivity index (χ2n) is 4.88. The molecular formula is C15H13N5OS. The normalized spacial score (nSPS) is 11.7. The van der Waals surface area contributed by atoms with Gasteiger partial charge in [0.2, 0.25) is 0 Å². The molecule has 0 atom stereocenters. The molecule has 4 aromatic rings. The minimum absolute atomic E-state index is 0.134. The van der Waals surface area contributed by atoms with Crippen molar-refractivity contribution in [2.24, 2.45) is 0 Å².